The maximum Gasteiger partial charge on any atom is 0.242 e. The van der Waals surface area contributed by atoms with Gasteiger partial charge in [0.25, 0.3) is 0 Å². The Morgan fingerprint density at radius 2 is 2.19 bits per heavy atom. The van der Waals surface area contributed by atoms with E-state index in [2.05, 4.69) is 39.9 Å². The molecule has 5 heteroatoms. The zero-order valence-corrected chi connectivity index (χ0v) is 13.5. The Balaban J connectivity index is 1.82. The van der Waals surface area contributed by atoms with E-state index in [9.17, 15) is 4.79 Å². The summed E-state index contributed by atoms with van der Waals surface area (Å²) in [6.45, 7) is 4.64. The highest BCUT2D eigenvalue weighted by Crippen LogP contribution is 2.20. The molecule has 0 fully saturated rings. The smallest absolute Gasteiger partial charge is 0.242 e. The van der Waals surface area contributed by atoms with Crippen molar-refractivity contribution in [3.63, 3.8) is 0 Å². The average molecular weight is 305 g/mol. The highest BCUT2D eigenvalue weighted by atomic mass is 32.2. The number of thioether (sulfide) groups is 1. The number of carbonyl (C=O) groups is 1. The molecule has 4 nitrogen and oxygen atoms in total. The lowest BCUT2D eigenvalue weighted by Crippen LogP contribution is -2.43. The second-order valence-electron chi connectivity index (χ2n) is 5.25. The zero-order valence-electron chi connectivity index (χ0n) is 12.6. The average Bonchev–Trinajstić information content (AvgIpc) is 2.92. The first kappa shape index (κ1) is 15.9. The van der Waals surface area contributed by atoms with Crippen molar-refractivity contribution in [2.24, 2.45) is 4.99 Å². The maximum atomic E-state index is 11.8. The number of hydrogen-bond donors (Lipinski definition) is 2. The second kappa shape index (κ2) is 8.08. The minimum atomic E-state index is -0.238. The van der Waals surface area contributed by atoms with Gasteiger partial charge in [0.2, 0.25) is 5.91 Å². The number of aliphatic imine (C=N–C) groups is 1. The lowest BCUT2D eigenvalue weighted by molar-refractivity contribution is -0.122. The first-order valence-corrected chi connectivity index (χ1v) is 8.46. The van der Waals surface area contributed by atoms with Crippen molar-refractivity contribution in [1.29, 1.82) is 0 Å². The fraction of sp³-hybridized carbons (Fsp3) is 0.500. The molecule has 1 aromatic rings. The topological polar surface area (TPSA) is 53.5 Å². The molecule has 2 rings (SSSR count). The van der Waals surface area contributed by atoms with Crippen molar-refractivity contribution < 1.29 is 4.79 Å². The van der Waals surface area contributed by atoms with Gasteiger partial charge in [-0.25, -0.2) is 0 Å². The first-order valence-electron chi connectivity index (χ1n) is 7.47. The third kappa shape index (κ3) is 5.08. The highest BCUT2D eigenvalue weighted by molar-refractivity contribution is 8.14. The van der Waals surface area contributed by atoms with Gasteiger partial charge in [0.05, 0.1) is 6.04 Å². The largest absolute Gasteiger partial charge is 0.354 e. The van der Waals surface area contributed by atoms with Crippen LogP contribution in [-0.4, -0.2) is 35.5 Å². The number of rotatable bonds is 6. The Morgan fingerprint density at radius 1 is 1.43 bits per heavy atom. The summed E-state index contributed by atoms with van der Waals surface area (Å²) in [6.07, 6.45) is 1.91. The molecule has 2 atom stereocenters. The van der Waals surface area contributed by atoms with Gasteiger partial charge in [-0.1, -0.05) is 49.0 Å². The van der Waals surface area contributed by atoms with Gasteiger partial charge >= 0.3 is 0 Å². The first-order chi connectivity index (χ1) is 10.2. The number of nitrogens with one attached hydrogen (secondary N) is 2. The van der Waals surface area contributed by atoms with Crippen LogP contribution in [-0.2, 0) is 11.2 Å². The molecule has 2 unspecified atom stereocenters. The second-order valence-corrected chi connectivity index (χ2v) is 6.25. The Bertz CT molecular complexity index is 490. The van der Waals surface area contributed by atoms with Gasteiger partial charge in [-0.05, 0) is 25.3 Å². The molecule has 0 aromatic heterocycles. The molecular weight excluding hydrogens is 282 g/mol. The summed E-state index contributed by atoms with van der Waals surface area (Å²) in [5, 5.41) is 6.98. The van der Waals surface area contributed by atoms with E-state index in [1.54, 1.807) is 11.8 Å². The number of amidine groups is 1. The fourth-order valence-electron chi connectivity index (χ4n) is 2.14. The van der Waals surface area contributed by atoms with Gasteiger partial charge < -0.3 is 10.6 Å². The van der Waals surface area contributed by atoms with E-state index in [0.717, 1.165) is 30.3 Å². The van der Waals surface area contributed by atoms with E-state index >= 15 is 0 Å². The van der Waals surface area contributed by atoms with Crippen LogP contribution in [0.3, 0.4) is 0 Å². The number of hydrogen-bond acceptors (Lipinski definition) is 4. The third-order valence-electron chi connectivity index (χ3n) is 3.31. The van der Waals surface area contributed by atoms with E-state index in [1.165, 1.54) is 5.56 Å². The van der Waals surface area contributed by atoms with Crippen LogP contribution in [0, 0.1) is 0 Å². The zero-order chi connectivity index (χ0) is 15.1. The quantitative estimate of drug-likeness (QED) is 0.847. The van der Waals surface area contributed by atoms with Gasteiger partial charge in [0, 0.05) is 12.3 Å². The maximum absolute atomic E-state index is 11.8. The molecular formula is C16H23N3OS. The van der Waals surface area contributed by atoms with Gasteiger partial charge in [0.1, 0.15) is 6.04 Å². The third-order valence-corrected chi connectivity index (χ3v) is 4.36. The minimum Gasteiger partial charge on any atom is -0.354 e. The van der Waals surface area contributed by atoms with Crippen molar-refractivity contribution in [2.45, 2.75) is 38.8 Å². The summed E-state index contributed by atoms with van der Waals surface area (Å²) in [5.74, 6) is 1.01. The van der Waals surface area contributed by atoms with Gasteiger partial charge in [-0.15, -0.1) is 0 Å². The van der Waals surface area contributed by atoms with Crippen LogP contribution in [0.1, 0.15) is 25.8 Å². The fourth-order valence-corrected chi connectivity index (χ4v) is 3.16. The molecule has 0 spiro atoms. The van der Waals surface area contributed by atoms with Crippen LogP contribution in [0.25, 0.3) is 0 Å². The molecule has 0 aliphatic carbocycles. The molecule has 2 N–H and O–H groups in total. The molecule has 0 radical (unpaired) electrons. The number of carbonyl (C=O) groups excluding carboxylic acids is 1. The SMILES string of the molecule is CCCNC(=O)C(C)NC1=NC(Cc2ccccc2)CS1. The molecule has 1 heterocycles. The van der Waals surface area contributed by atoms with Crippen molar-refractivity contribution in [3.05, 3.63) is 35.9 Å². The number of nitrogens with zero attached hydrogens (tertiary/aromatic N) is 1. The highest BCUT2D eigenvalue weighted by Gasteiger charge is 2.21. The normalized spacial score (nSPS) is 19.0. The molecule has 0 saturated carbocycles. The van der Waals surface area contributed by atoms with Gasteiger partial charge in [0.15, 0.2) is 5.17 Å². The Hall–Kier alpha value is -1.49. The standard InChI is InChI=1S/C16H23N3OS/c1-3-9-17-15(20)12(2)18-16-19-14(11-21-16)10-13-7-5-4-6-8-13/h4-8,12,14H,3,9-11H2,1-2H3,(H,17,20)(H,18,19). The van der Waals surface area contributed by atoms with Crippen molar-refractivity contribution >= 4 is 22.8 Å². The predicted octanol–water partition coefficient (Wildman–Crippen LogP) is 2.20. The monoisotopic (exact) mass is 305 g/mol. The molecule has 1 aliphatic heterocycles. The van der Waals surface area contributed by atoms with E-state index in [-0.39, 0.29) is 11.9 Å². The van der Waals surface area contributed by atoms with Crippen LogP contribution >= 0.6 is 11.8 Å². The Labute approximate surface area is 130 Å². The van der Waals surface area contributed by atoms with Crippen LogP contribution in [0.5, 0.6) is 0 Å². The summed E-state index contributed by atoms with van der Waals surface area (Å²) < 4.78 is 0. The minimum absolute atomic E-state index is 0.0339. The van der Waals surface area contributed by atoms with Gasteiger partial charge in [-0.3, -0.25) is 9.79 Å². The van der Waals surface area contributed by atoms with Crippen LogP contribution < -0.4 is 10.6 Å². The molecule has 1 aliphatic rings. The van der Waals surface area contributed by atoms with Crippen LogP contribution in [0.4, 0.5) is 0 Å². The Kier molecular flexibility index (Phi) is 6.11. The van der Waals surface area contributed by atoms with E-state index in [4.69, 9.17) is 0 Å². The van der Waals surface area contributed by atoms with Crippen LogP contribution in [0.2, 0.25) is 0 Å². The molecule has 1 aromatic carbocycles. The molecule has 0 bridgehead atoms. The number of benzene rings is 1. The van der Waals surface area contributed by atoms with E-state index < -0.39 is 0 Å². The molecule has 1 amide bonds. The Morgan fingerprint density at radius 3 is 2.90 bits per heavy atom. The lowest BCUT2D eigenvalue weighted by Gasteiger charge is -2.13. The van der Waals surface area contributed by atoms with Gasteiger partial charge in [-0.2, -0.15) is 0 Å². The van der Waals surface area contributed by atoms with E-state index in [1.807, 2.05) is 19.9 Å². The van der Waals surface area contributed by atoms with Crippen molar-refractivity contribution in [1.82, 2.24) is 10.6 Å². The summed E-state index contributed by atoms with van der Waals surface area (Å²) in [4.78, 5) is 16.5. The summed E-state index contributed by atoms with van der Waals surface area (Å²) in [5.41, 5.74) is 1.31. The predicted molar refractivity (Wildman–Crippen MR) is 89.7 cm³/mol. The molecule has 114 valence electrons. The molecule has 21 heavy (non-hydrogen) atoms. The van der Waals surface area contributed by atoms with E-state index in [0.29, 0.717) is 6.04 Å². The van der Waals surface area contributed by atoms with Crippen molar-refractivity contribution in [3.8, 4) is 0 Å². The van der Waals surface area contributed by atoms with Crippen molar-refractivity contribution in [2.75, 3.05) is 12.3 Å². The lowest BCUT2D eigenvalue weighted by atomic mass is 10.1. The number of amides is 1. The molecule has 0 saturated heterocycles. The summed E-state index contributed by atoms with van der Waals surface area (Å²) in [7, 11) is 0. The summed E-state index contributed by atoms with van der Waals surface area (Å²) >= 11 is 1.70. The summed E-state index contributed by atoms with van der Waals surface area (Å²) in [6, 6.07) is 10.5. The van der Waals surface area contributed by atoms with Crippen LogP contribution in [0.15, 0.2) is 35.3 Å².